The maximum Gasteiger partial charge on any atom is 0.271 e. The smallest absolute Gasteiger partial charge is 0.271 e. The summed E-state index contributed by atoms with van der Waals surface area (Å²) in [5.41, 5.74) is 9.10. The Balaban J connectivity index is 1.81. The molecule has 0 aliphatic heterocycles. The van der Waals surface area contributed by atoms with Crippen LogP contribution in [-0.4, -0.2) is 31.9 Å². The summed E-state index contributed by atoms with van der Waals surface area (Å²) >= 11 is 0. The maximum atomic E-state index is 11.8. The lowest BCUT2D eigenvalue weighted by molar-refractivity contribution is 0.0995. The van der Waals surface area contributed by atoms with Crippen molar-refractivity contribution in [3.63, 3.8) is 0 Å². The molecular formula is C18H20N6O. The summed E-state index contributed by atoms with van der Waals surface area (Å²) in [6.45, 7) is 2.12. The van der Waals surface area contributed by atoms with Gasteiger partial charge in [-0.25, -0.2) is 0 Å². The number of hydrogen-bond acceptors (Lipinski definition) is 5. The van der Waals surface area contributed by atoms with Gasteiger partial charge < -0.3 is 11.1 Å². The SMILES string of the molecule is CC(Nc1c(C(N)=O)nnc2cc(-c3cnn(C)c3)ccc12)C1CC1. The van der Waals surface area contributed by atoms with Crippen molar-refractivity contribution in [2.24, 2.45) is 18.7 Å². The summed E-state index contributed by atoms with van der Waals surface area (Å²) < 4.78 is 1.76. The van der Waals surface area contributed by atoms with Crippen LogP contribution in [0.1, 0.15) is 30.3 Å². The number of nitrogens with one attached hydrogen (secondary N) is 1. The third-order valence-corrected chi connectivity index (χ3v) is 4.73. The summed E-state index contributed by atoms with van der Waals surface area (Å²) in [6, 6.07) is 6.18. The first-order valence-corrected chi connectivity index (χ1v) is 8.38. The fourth-order valence-electron chi connectivity index (χ4n) is 3.12. The largest absolute Gasteiger partial charge is 0.380 e. The predicted molar refractivity (Wildman–Crippen MR) is 96.1 cm³/mol. The molecule has 1 fully saturated rings. The van der Waals surface area contributed by atoms with Crippen LogP contribution in [0.3, 0.4) is 0 Å². The molecule has 1 amide bonds. The second kappa shape index (κ2) is 5.84. The number of anilines is 1. The standard InChI is InChI=1S/C18H20N6O/c1-10(11-3-4-11)21-16-14-6-5-12(13-8-20-24(2)9-13)7-15(14)22-23-17(16)18(19)25/h5-11H,3-4H2,1-2H3,(H2,19,25)(H,21,22). The number of carbonyl (C=O) groups is 1. The first kappa shape index (κ1) is 15.6. The zero-order valence-electron chi connectivity index (χ0n) is 14.2. The lowest BCUT2D eigenvalue weighted by Crippen LogP contribution is -2.23. The normalized spacial score (nSPS) is 15.3. The van der Waals surface area contributed by atoms with Crippen molar-refractivity contribution >= 4 is 22.5 Å². The van der Waals surface area contributed by atoms with Crippen LogP contribution in [0.5, 0.6) is 0 Å². The summed E-state index contributed by atoms with van der Waals surface area (Å²) in [4.78, 5) is 11.8. The Hall–Kier alpha value is -2.96. The van der Waals surface area contributed by atoms with Crippen LogP contribution >= 0.6 is 0 Å². The number of benzene rings is 1. The molecule has 0 saturated heterocycles. The summed E-state index contributed by atoms with van der Waals surface area (Å²) in [5.74, 6) is 0.0647. The van der Waals surface area contributed by atoms with E-state index in [2.05, 4.69) is 27.5 Å². The number of primary amides is 1. The van der Waals surface area contributed by atoms with E-state index in [1.165, 1.54) is 12.8 Å². The molecule has 2 aromatic heterocycles. The van der Waals surface area contributed by atoms with Gasteiger partial charge in [-0.1, -0.05) is 6.07 Å². The quantitative estimate of drug-likeness (QED) is 0.745. The highest BCUT2D eigenvalue weighted by Gasteiger charge is 2.29. The number of nitrogens with zero attached hydrogens (tertiary/aromatic N) is 4. The van der Waals surface area contributed by atoms with Gasteiger partial charge >= 0.3 is 0 Å². The zero-order valence-corrected chi connectivity index (χ0v) is 14.2. The van der Waals surface area contributed by atoms with E-state index in [9.17, 15) is 4.79 Å². The number of carbonyl (C=O) groups excluding carboxylic acids is 1. The van der Waals surface area contributed by atoms with Crippen molar-refractivity contribution in [2.45, 2.75) is 25.8 Å². The molecule has 25 heavy (non-hydrogen) atoms. The van der Waals surface area contributed by atoms with E-state index in [1.54, 1.807) is 10.9 Å². The predicted octanol–water partition coefficient (Wildman–Crippen LogP) is 2.34. The van der Waals surface area contributed by atoms with E-state index in [0.29, 0.717) is 11.6 Å². The minimum absolute atomic E-state index is 0.189. The molecular weight excluding hydrogens is 316 g/mol. The second-order valence-electron chi connectivity index (χ2n) is 6.69. The number of hydrogen-bond donors (Lipinski definition) is 2. The fourth-order valence-corrected chi connectivity index (χ4v) is 3.12. The van der Waals surface area contributed by atoms with E-state index in [4.69, 9.17) is 5.73 Å². The molecule has 3 aromatic rings. The molecule has 2 heterocycles. The molecule has 3 N–H and O–H groups in total. The van der Waals surface area contributed by atoms with E-state index >= 15 is 0 Å². The van der Waals surface area contributed by atoms with E-state index < -0.39 is 5.91 Å². The molecule has 7 nitrogen and oxygen atoms in total. The van der Waals surface area contributed by atoms with Gasteiger partial charge in [0.2, 0.25) is 0 Å². The van der Waals surface area contributed by atoms with Crippen molar-refractivity contribution < 1.29 is 4.79 Å². The van der Waals surface area contributed by atoms with Gasteiger partial charge in [-0.2, -0.15) is 5.10 Å². The fraction of sp³-hybridized carbons (Fsp3) is 0.333. The van der Waals surface area contributed by atoms with Gasteiger partial charge in [0.15, 0.2) is 5.69 Å². The Labute approximate surface area is 145 Å². The summed E-state index contributed by atoms with van der Waals surface area (Å²) in [7, 11) is 1.88. The molecule has 1 aliphatic rings. The Morgan fingerprint density at radius 3 is 2.76 bits per heavy atom. The monoisotopic (exact) mass is 336 g/mol. The molecule has 7 heteroatoms. The highest BCUT2D eigenvalue weighted by Crippen LogP contribution is 2.36. The second-order valence-corrected chi connectivity index (χ2v) is 6.69. The molecule has 0 spiro atoms. The van der Waals surface area contributed by atoms with Crippen molar-refractivity contribution in [2.75, 3.05) is 5.32 Å². The van der Waals surface area contributed by atoms with Crippen molar-refractivity contribution in [1.29, 1.82) is 0 Å². The van der Waals surface area contributed by atoms with Crippen LogP contribution < -0.4 is 11.1 Å². The summed E-state index contributed by atoms with van der Waals surface area (Å²) in [6.07, 6.45) is 6.17. The van der Waals surface area contributed by atoms with Crippen LogP contribution in [0, 0.1) is 5.92 Å². The highest BCUT2D eigenvalue weighted by atomic mass is 16.1. The van der Waals surface area contributed by atoms with Crippen LogP contribution in [0.15, 0.2) is 30.6 Å². The third kappa shape index (κ3) is 2.93. The first-order valence-electron chi connectivity index (χ1n) is 8.38. The average Bonchev–Trinajstić information content (AvgIpc) is 3.36. The minimum atomic E-state index is -0.573. The zero-order chi connectivity index (χ0) is 17.6. The van der Waals surface area contributed by atoms with E-state index in [0.717, 1.165) is 22.0 Å². The summed E-state index contributed by atoms with van der Waals surface area (Å²) in [5, 5.41) is 16.8. The molecule has 128 valence electrons. The van der Waals surface area contributed by atoms with Gasteiger partial charge in [0.05, 0.1) is 17.4 Å². The minimum Gasteiger partial charge on any atom is -0.380 e. The Morgan fingerprint density at radius 1 is 1.32 bits per heavy atom. The van der Waals surface area contributed by atoms with E-state index in [1.807, 2.05) is 31.4 Å². The molecule has 1 aliphatic carbocycles. The van der Waals surface area contributed by atoms with Gasteiger partial charge in [0, 0.05) is 30.2 Å². The molecule has 4 rings (SSSR count). The third-order valence-electron chi connectivity index (χ3n) is 4.73. The molecule has 1 unspecified atom stereocenters. The topological polar surface area (TPSA) is 98.7 Å². The van der Waals surface area contributed by atoms with Crippen molar-refractivity contribution in [3.8, 4) is 11.1 Å². The molecule has 1 atom stereocenters. The van der Waals surface area contributed by atoms with Crippen molar-refractivity contribution in [1.82, 2.24) is 20.0 Å². The van der Waals surface area contributed by atoms with Gasteiger partial charge in [-0.3, -0.25) is 9.48 Å². The van der Waals surface area contributed by atoms with Crippen LogP contribution in [0.4, 0.5) is 5.69 Å². The number of aryl methyl sites for hydroxylation is 1. The number of aromatic nitrogens is 4. The van der Waals surface area contributed by atoms with Gasteiger partial charge in [0.1, 0.15) is 0 Å². The van der Waals surface area contributed by atoms with Gasteiger partial charge in [-0.05, 0) is 43.4 Å². The number of nitrogens with two attached hydrogens (primary N) is 1. The average molecular weight is 336 g/mol. The number of rotatable bonds is 5. The highest BCUT2D eigenvalue weighted by molar-refractivity contribution is 6.05. The van der Waals surface area contributed by atoms with Crippen LogP contribution in [0.2, 0.25) is 0 Å². The van der Waals surface area contributed by atoms with Gasteiger partial charge in [-0.15, -0.1) is 10.2 Å². The molecule has 0 radical (unpaired) electrons. The molecule has 1 saturated carbocycles. The number of fused-ring (bicyclic) bond motifs is 1. The first-order chi connectivity index (χ1) is 12.0. The Morgan fingerprint density at radius 2 is 2.12 bits per heavy atom. The van der Waals surface area contributed by atoms with E-state index in [-0.39, 0.29) is 11.7 Å². The lowest BCUT2D eigenvalue weighted by Gasteiger charge is -2.17. The molecule has 0 bridgehead atoms. The van der Waals surface area contributed by atoms with Crippen LogP contribution in [-0.2, 0) is 7.05 Å². The number of amides is 1. The van der Waals surface area contributed by atoms with Crippen molar-refractivity contribution in [3.05, 3.63) is 36.3 Å². The molecule has 1 aromatic carbocycles. The Bertz CT molecular complexity index is 959. The van der Waals surface area contributed by atoms with Gasteiger partial charge in [0.25, 0.3) is 5.91 Å². The maximum absolute atomic E-state index is 11.8. The lowest BCUT2D eigenvalue weighted by atomic mass is 10.0. The van der Waals surface area contributed by atoms with Crippen LogP contribution in [0.25, 0.3) is 22.0 Å². The Kier molecular flexibility index (Phi) is 3.63.